The number of amides is 1. The summed E-state index contributed by atoms with van der Waals surface area (Å²) in [5, 5.41) is 8.82. The smallest absolute Gasteiger partial charge is 0.306 e. The Morgan fingerprint density at radius 1 is 1.00 bits per heavy atom. The number of esters is 1. The van der Waals surface area contributed by atoms with E-state index in [0.29, 0.717) is 11.3 Å². The number of Topliss-reactive ketones (excluding diaryl/α,β-unsaturated/α-hetero) is 1. The number of carbonyl (C=O) groups excluding carboxylic acids is 3. The summed E-state index contributed by atoms with van der Waals surface area (Å²) in [6.45, 7) is -0.427. The maximum Gasteiger partial charge on any atom is 0.306 e. The van der Waals surface area contributed by atoms with Crippen LogP contribution in [0.25, 0.3) is 0 Å². The van der Waals surface area contributed by atoms with Gasteiger partial charge >= 0.3 is 5.97 Å². The van der Waals surface area contributed by atoms with Crippen molar-refractivity contribution in [2.45, 2.75) is 44.9 Å². The average Bonchev–Trinajstić information content (AvgIpc) is 2.82. The summed E-state index contributed by atoms with van der Waals surface area (Å²) >= 11 is 0. The van der Waals surface area contributed by atoms with Crippen LogP contribution in [0.15, 0.2) is 42.5 Å². The van der Waals surface area contributed by atoms with Gasteiger partial charge in [-0.05, 0) is 67.1 Å². The lowest BCUT2D eigenvalue weighted by Crippen LogP contribution is -2.35. The predicted molar refractivity (Wildman–Crippen MR) is 117 cm³/mol. The molecule has 0 N–H and O–H groups in total. The Morgan fingerprint density at radius 2 is 1.72 bits per heavy atom. The number of nitrogens with zero attached hydrogens (tertiary/aromatic N) is 2. The summed E-state index contributed by atoms with van der Waals surface area (Å²) in [6.07, 6.45) is 4.24. The molecule has 0 atom stereocenters. The van der Waals surface area contributed by atoms with Crippen molar-refractivity contribution in [3.05, 3.63) is 65.0 Å². The van der Waals surface area contributed by atoms with Gasteiger partial charge in [0.25, 0.3) is 5.91 Å². The fourth-order valence-electron chi connectivity index (χ4n) is 3.74. The summed E-state index contributed by atoms with van der Waals surface area (Å²) in [5.74, 6) is -1.76. The van der Waals surface area contributed by atoms with Gasteiger partial charge in [-0.25, -0.2) is 4.39 Å². The number of ether oxygens (including phenoxy) is 1. The van der Waals surface area contributed by atoms with Gasteiger partial charge in [0.15, 0.2) is 12.4 Å². The third-order valence-electron chi connectivity index (χ3n) is 5.47. The fraction of sp³-hybridized carbons (Fsp3) is 0.360. The average molecular weight is 436 g/mol. The zero-order chi connectivity index (χ0) is 22.9. The maximum atomic E-state index is 13.2. The Labute approximate surface area is 186 Å². The fourth-order valence-corrected chi connectivity index (χ4v) is 3.74. The van der Waals surface area contributed by atoms with Gasteiger partial charge in [-0.3, -0.25) is 14.4 Å². The molecule has 0 saturated carbocycles. The molecule has 1 amide bonds. The molecule has 1 aliphatic rings. The highest BCUT2D eigenvalue weighted by Gasteiger charge is 2.19. The van der Waals surface area contributed by atoms with Crippen LogP contribution in [-0.2, 0) is 27.2 Å². The minimum atomic E-state index is -0.649. The summed E-state index contributed by atoms with van der Waals surface area (Å²) in [6, 6.07) is 12.9. The first-order chi connectivity index (χ1) is 15.5. The molecule has 32 heavy (non-hydrogen) atoms. The summed E-state index contributed by atoms with van der Waals surface area (Å²) in [7, 11) is 0. The molecule has 0 radical (unpaired) electrons. The monoisotopic (exact) mass is 436 g/mol. The van der Waals surface area contributed by atoms with Gasteiger partial charge < -0.3 is 9.64 Å². The van der Waals surface area contributed by atoms with Gasteiger partial charge in [0.2, 0.25) is 0 Å². The molecule has 0 aromatic heterocycles. The van der Waals surface area contributed by atoms with Crippen LogP contribution >= 0.6 is 0 Å². The van der Waals surface area contributed by atoms with Crippen molar-refractivity contribution in [1.29, 1.82) is 5.26 Å². The first-order valence-electron chi connectivity index (χ1n) is 10.7. The lowest BCUT2D eigenvalue weighted by molar-refractivity contribution is -0.147. The second-order valence-electron chi connectivity index (χ2n) is 7.70. The Morgan fingerprint density at radius 3 is 2.44 bits per heavy atom. The SMILES string of the molecule is N#CCCN(C(=O)COC(=O)CCC(=O)c1ccc2c(c1)CCCC2)c1ccc(F)cc1. The summed E-state index contributed by atoms with van der Waals surface area (Å²) < 4.78 is 18.2. The lowest BCUT2D eigenvalue weighted by Gasteiger charge is -2.21. The molecule has 2 aromatic rings. The number of ketones is 1. The molecular weight excluding hydrogens is 411 g/mol. The van der Waals surface area contributed by atoms with Crippen molar-refractivity contribution in [3.8, 4) is 6.07 Å². The number of aryl methyl sites for hydroxylation is 2. The van der Waals surface area contributed by atoms with E-state index in [1.807, 2.05) is 18.2 Å². The van der Waals surface area contributed by atoms with Crippen molar-refractivity contribution < 1.29 is 23.5 Å². The Hall–Kier alpha value is -3.53. The normalized spacial score (nSPS) is 12.4. The van der Waals surface area contributed by atoms with Crippen molar-refractivity contribution in [2.24, 2.45) is 0 Å². The molecule has 0 unspecified atom stereocenters. The van der Waals surface area contributed by atoms with Crippen molar-refractivity contribution in [2.75, 3.05) is 18.1 Å². The second kappa shape index (κ2) is 11.2. The van der Waals surface area contributed by atoms with Gasteiger partial charge in [0.05, 0.1) is 18.9 Å². The quantitative estimate of drug-likeness (QED) is 0.435. The highest BCUT2D eigenvalue weighted by molar-refractivity contribution is 5.98. The molecule has 0 heterocycles. The maximum absolute atomic E-state index is 13.2. The van der Waals surface area contributed by atoms with E-state index in [2.05, 4.69) is 0 Å². The molecule has 2 aromatic carbocycles. The van der Waals surface area contributed by atoms with Gasteiger partial charge in [0.1, 0.15) is 5.82 Å². The third kappa shape index (κ3) is 6.24. The van der Waals surface area contributed by atoms with Gasteiger partial charge in [-0.1, -0.05) is 12.1 Å². The highest BCUT2D eigenvalue weighted by atomic mass is 19.1. The van der Waals surface area contributed by atoms with Gasteiger partial charge in [-0.2, -0.15) is 5.26 Å². The standard InChI is InChI=1S/C25H25FN2O4/c26-21-8-10-22(11-9-21)28(15-3-14-27)24(30)17-32-25(31)13-12-23(29)20-7-6-18-4-1-2-5-19(18)16-20/h6-11,16H,1-5,12-13,15,17H2. The number of halogens is 1. The van der Waals surface area contributed by atoms with Gasteiger partial charge in [0, 0.05) is 24.2 Å². The van der Waals surface area contributed by atoms with Crippen LogP contribution in [0, 0.1) is 17.1 Å². The van der Waals surface area contributed by atoms with Gasteiger partial charge in [-0.15, -0.1) is 0 Å². The van der Waals surface area contributed by atoms with Crippen LogP contribution in [0.4, 0.5) is 10.1 Å². The molecule has 0 bridgehead atoms. The molecule has 0 saturated heterocycles. The number of hydrogen-bond acceptors (Lipinski definition) is 5. The number of hydrogen-bond donors (Lipinski definition) is 0. The second-order valence-corrected chi connectivity index (χ2v) is 7.70. The number of fused-ring (bicyclic) bond motifs is 1. The van der Waals surface area contributed by atoms with Crippen LogP contribution in [0.5, 0.6) is 0 Å². The van der Waals surface area contributed by atoms with E-state index in [-0.39, 0.29) is 31.6 Å². The Bertz CT molecular complexity index is 1030. The lowest BCUT2D eigenvalue weighted by atomic mass is 9.89. The zero-order valence-electron chi connectivity index (χ0n) is 17.8. The molecule has 7 heteroatoms. The zero-order valence-corrected chi connectivity index (χ0v) is 17.8. The van der Waals surface area contributed by atoms with Crippen LogP contribution in [0.1, 0.15) is 53.6 Å². The van der Waals surface area contributed by atoms with Crippen LogP contribution in [-0.4, -0.2) is 30.8 Å². The number of anilines is 1. The van der Waals surface area contributed by atoms with Crippen LogP contribution in [0.3, 0.4) is 0 Å². The van der Waals surface area contributed by atoms with Crippen LogP contribution < -0.4 is 4.90 Å². The molecule has 3 rings (SSSR count). The van der Waals surface area contributed by atoms with Crippen molar-refractivity contribution in [1.82, 2.24) is 0 Å². The van der Waals surface area contributed by atoms with Crippen LogP contribution in [0.2, 0.25) is 0 Å². The molecule has 0 aliphatic heterocycles. The minimum absolute atomic E-state index is 0.00190. The van der Waals surface area contributed by atoms with E-state index in [1.165, 1.54) is 46.7 Å². The van der Waals surface area contributed by atoms with E-state index in [0.717, 1.165) is 19.3 Å². The molecular formula is C25H25FN2O4. The molecule has 0 spiro atoms. The van der Waals surface area contributed by atoms with E-state index >= 15 is 0 Å². The highest BCUT2D eigenvalue weighted by Crippen LogP contribution is 2.23. The summed E-state index contributed by atoms with van der Waals surface area (Å²) in [5.41, 5.74) is 3.49. The summed E-state index contributed by atoms with van der Waals surface area (Å²) in [4.78, 5) is 38.3. The molecule has 1 aliphatic carbocycles. The Balaban J connectivity index is 1.50. The van der Waals surface area contributed by atoms with Crippen molar-refractivity contribution >= 4 is 23.3 Å². The molecule has 6 nitrogen and oxygen atoms in total. The first-order valence-corrected chi connectivity index (χ1v) is 10.7. The largest absolute Gasteiger partial charge is 0.456 e. The molecule has 166 valence electrons. The topological polar surface area (TPSA) is 87.5 Å². The number of rotatable bonds is 9. The van der Waals surface area contributed by atoms with E-state index < -0.39 is 24.3 Å². The Kier molecular flexibility index (Phi) is 8.09. The number of carbonyl (C=O) groups is 3. The van der Waals surface area contributed by atoms with E-state index in [4.69, 9.17) is 10.00 Å². The molecule has 0 fully saturated rings. The first kappa shape index (κ1) is 23.1. The van der Waals surface area contributed by atoms with Crippen molar-refractivity contribution in [3.63, 3.8) is 0 Å². The number of nitriles is 1. The van der Waals surface area contributed by atoms with E-state index in [9.17, 15) is 18.8 Å². The van der Waals surface area contributed by atoms with E-state index in [1.54, 1.807) is 6.07 Å². The minimum Gasteiger partial charge on any atom is -0.456 e. The third-order valence-corrected chi connectivity index (χ3v) is 5.47. The number of benzene rings is 2. The predicted octanol–water partition coefficient (Wildman–Crippen LogP) is 4.16.